The van der Waals surface area contributed by atoms with Crippen LogP contribution in [0.25, 0.3) is 0 Å². The van der Waals surface area contributed by atoms with Crippen molar-refractivity contribution in [1.29, 1.82) is 0 Å². The average Bonchev–Trinajstić information content (AvgIpc) is 2.44. The maximum atomic E-state index is 11.1. The normalized spacial score (nSPS) is 10.9. The third kappa shape index (κ3) is 12.2. The monoisotopic (exact) mass is 272 g/mol. The maximum absolute atomic E-state index is 11.1. The van der Waals surface area contributed by atoms with E-state index in [9.17, 15) is 4.79 Å². The van der Waals surface area contributed by atoms with Crippen LogP contribution in [0.1, 0.15) is 78.1 Å². The smallest absolute Gasteiger partial charge is 0.331 e. The summed E-state index contributed by atoms with van der Waals surface area (Å²) in [6.07, 6.45) is 12.4. The first-order valence-corrected chi connectivity index (χ1v) is 7.93. The van der Waals surface area contributed by atoms with E-state index in [1.165, 1.54) is 58.5 Å². The number of ether oxygens (including phenoxy) is 2. The molecule has 0 aromatic carbocycles. The van der Waals surface area contributed by atoms with E-state index in [-0.39, 0.29) is 18.7 Å². The molecule has 0 aliphatic carbocycles. The summed E-state index contributed by atoms with van der Waals surface area (Å²) < 4.78 is 10.3. The molecule has 0 rings (SSSR count). The van der Waals surface area contributed by atoms with Crippen molar-refractivity contribution in [3.05, 3.63) is 0 Å². The summed E-state index contributed by atoms with van der Waals surface area (Å²) in [4.78, 5) is 11.1. The summed E-state index contributed by atoms with van der Waals surface area (Å²) in [7, 11) is 1.41. The number of esters is 1. The first-order chi connectivity index (χ1) is 9.24. The maximum Gasteiger partial charge on any atom is 0.331 e. The van der Waals surface area contributed by atoms with Gasteiger partial charge < -0.3 is 9.47 Å². The quantitative estimate of drug-likeness (QED) is 0.366. The number of carbonyl (C=O) groups is 1. The molecule has 0 amide bonds. The number of unbranched alkanes of at least 4 members (excludes halogenated alkanes) is 6. The van der Waals surface area contributed by atoms with Gasteiger partial charge in [-0.1, -0.05) is 65.2 Å². The number of rotatable bonds is 13. The Morgan fingerprint density at radius 3 is 1.84 bits per heavy atom. The van der Waals surface area contributed by atoms with Crippen molar-refractivity contribution in [2.75, 3.05) is 13.7 Å². The minimum Gasteiger partial charge on any atom is -0.467 e. The number of carbonyl (C=O) groups excluding carboxylic acids is 1. The van der Waals surface area contributed by atoms with E-state index in [1.54, 1.807) is 0 Å². The molecule has 0 atom stereocenters. The van der Waals surface area contributed by atoms with Gasteiger partial charge in [0.15, 0.2) is 0 Å². The average molecular weight is 272 g/mol. The number of methoxy groups -OCH3 is 1. The lowest BCUT2D eigenvalue weighted by atomic mass is 10.0. The predicted molar refractivity (Wildman–Crippen MR) is 79.3 cm³/mol. The zero-order valence-electron chi connectivity index (χ0n) is 13.1. The van der Waals surface area contributed by atoms with Gasteiger partial charge in [0.25, 0.3) is 0 Å². The molecule has 0 spiro atoms. The highest BCUT2D eigenvalue weighted by atomic mass is 16.6. The second-order valence-corrected chi connectivity index (χ2v) is 5.21. The lowest BCUT2D eigenvalue weighted by Crippen LogP contribution is -2.19. The molecule has 0 aromatic rings. The van der Waals surface area contributed by atoms with Crippen LogP contribution in [0.15, 0.2) is 0 Å². The Bertz CT molecular complexity index is 192. The first kappa shape index (κ1) is 18.4. The first-order valence-electron chi connectivity index (χ1n) is 7.93. The minimum atomic E-state index is -0.271. The van der Waals surface area contributed by atoms with Crippen LogP contribution in [0.2, 0.25) is 0 Å². The van der Waals surface area contributed by atoms with Crippen molar-refractivity contribution in [3.63, 3.8) is 0 Å². The van der Waals surface area contributed by atoms with Gasteiger partial charge in [0, 0.05) is 0 Å². The zero-order chi connectivity index (χ0) is 14.3. The largest absolute Gasteiger partial charge is 0.467 e. The Labute approximate surface area is 119 Å². The van der Waals surface area contributed by atoms with Gasteiger partial charge in [0.05, 0.1) is 13.2 Å². The van der Waals surface area contributed by atoms with Crippen molar-refractivity contribution in [3.8, 4) is 0 Å². The van der Waals surface area contributed by atoms with Gasteiger partial charge >= 0.3 is 5.97 Å². The lowest BCUT2D eigenvalue weighted by Gasteiger charge is -2.17. The predicted octanol–water partition coefficient (Wildman–Crippen LogP) is 4.49. The third-order valence-corrected chi connectivity index (χ3v) is 3.42. The molecule has 3 nitrogen and oxygen atoms in total. The SMILES string of the molecule is CCCCCCC(CCCCCC)OCC(=O)OC. The zero-order valence-corrected chi connectivity index (χ0v) is 13.1. The van der Waals surface area contributed by atoms with Crippen molar-refractivity contribution >= 4 is 5.97 Å². The van der Waals surface area contributed by atoms with Crippen LogP contribution < -0.4 is 0 Å². The molecule has 0 N–H and O–H groups in total. The highest BCUT2D eigenvalue weighted by molar-refractivity contribution is 5.70. The molecule has 0 aromatic heterocycles. The van der Waals surface area contributed by atoms with Gasteiger partial charge in [-0.05, 0) is 12.8 Å². The van der Waals surface area contributed by atoms with E-state index in [0.717, 1.165) is 12.8 Å². The van der Waals surface area contributed by atoms with Gasteiger partial charge in [-0.15, -0.1) is 0 Å². The number of hydrogen-bond acceptors (Lipinski definition) is 3. The second-order valence-electron chi connectivity index (χ2n) is 5.21. The van der Waals surface area contributed by atoms with Crippen LogP contribution in [0.5, 0.6) is 0 Å². The molecular formula is C16H32O3. The van der Waals surface area contributed by atoms with Crippen molar-refractivity contribution < 1.29 is 14.3 Å². The Kier molecular flexibility index (Phi) is 13.4. The van der Waals surface area contributed by atoms with Gasteiger partial charge in [-0.2, -0.15) is 0 Å². The van der Waals surface area contributed by atoms with Gasteiger partial charge in [-0.25, -0.2) is 4.79 Å². The van der Waals surface area contributed by atoms with Crippen LogP contribution in [0, 0.1) is 0 Å². The molecule has 0 heterocycles. The highest BCUT2D eigenvalue weighted by Crippen LogP contribution is 2.15. The Balaban J connectivity index is 3.81. The number of hydrogen-bond donors (Lipinski definition) is 0. The summed E-state index contributed by atoms with van der Waals surface area (Å²) in [6.45, 7) is 4.54. The van der Waals surface area contributed by atoms with Crippen LogP contribution in [0.3, 0.4) is 0 Å². The summed E-state index contributed by atoms with van der Waals surface area (Å²) >= 11 is 0. The fourth-order valence-corrected chi connectivity index (χ4v) is 2.15. The minimum absolute atomic E-state index is 0.0999. The van der Waals surface area contributed by atoms with E-state index in [0.29, 0.717) is 0 Å². The van der Waals surface area contributed by atoms with Gasteiger partial charge in [0.2, 0.25) is 0 Å². The second kappa shape index (κ2) is 13.9. The van der Waals surface area contributed by atoms with Gasteiger partial charge in [-0.3, -0.25) is 0 Å². The topological polar surface area (TPSA) is 35.5 Å². The fraction of sp³-hybridized carbons (Fsp3) is 0.938. The van der Waals surface area contributed by atoms with Crippen LogP contribution >= 0.6 is 0 Å². The van der Waals surface area contributed by atoms with Crippen molar-refractivity contribution in [2.45, 2.75) is 84.2 Å². The molecule has 19 heavy (non-hydrogen) atoms. The summed E-state index contributed by atoms with van der Waals surface area (Å²) in [5.41, 5.74) is 0. The lowest BCUT2D eigenvalue weighted by molar-refractivity contribution is -0.148. The molecule has 0 saturated carbocycles. The van der Waals surface area contributed by atoms with E-state index < -0.39 is 0 Å². The summed E-state index contributed by atoms with van der Waals surface area (Å²) in [5.74, 6) is -0.271. The molecule has 0 fully saturated rings. The summed E-state index contributed by atoms with van der Waals surface area (Å²) in [5, 5.41) is 0. The molecule has 0 bridgehead atoms. The van der Waals surface area contributed by atoms with Crippen LogP contribution in [-0.4, -0.2) is 25.8 Å². The van der Waals surface area contributed by atoms with E-state index in [2.05, 4.69) is 18.6 Å². The molecular weight excluding hydrogens is 240 g/mol. The molecule has 114 valence electrons. The van der Waals surface area contributed by atoms with Gasteiger partial charge in [0.1, 0.15) is 6.61 Å². The highest BCUT2D eigenvalue weighted by Gasteiger charge is 2.11. The van der Waals surface area contributed by atoms with Crippen LogP contribution in [-0.2, 0) is 14.3 Å². The standard InChI is InChI=1S/C16H32O3/c1-4-6-8-10-12-15(13-11-9-7-5-2)19-14-16(17)18-3/h15H,4-14H2,1-3H3. The van der Waals surface area contributed by atoms with Crippen molar-refractivity contribution in [1.82, 2.24) is 0 Å². The summed E-state index contributed by atoms with van der Waals surface area (Å²) in [6, 6.07) is 0. The molecule has 0 aliphatic heterocycles. The Hall–Kier alpha value is -0.570. The fourth-order valence-electron chi connectivity index (χ4n) is 2.15. The van der Waals surface area contributed by atoms with E-state index in [1.807, 2.05) is 0 Å². The molecule has 0 aliphatic rings. The molecule has 0 radical (unpaired) electrons. The molecule has 0 unspecified atom stereocenters. The molecule has 0 saturated heterocycles. The van der Waals surface area contributed by atoms with Crippen LogP contribution in [0.4, 0.5) is 0 Å². The molecule has 3 heteroatoms. The third-order valence-electron chi connectivity index (χ3n) is 3.42. The van der Waals surface area contributed by atoms with E-state index in [4.69, 9.17) is 4.74 Å². The van der Waals surface area contributed by atoms with E-state index >= 15 is 0 Å². The Morgan fingerprint density at radius 2 is 1.42 bits per heavy atom. The Morgan fingerprint density at radius 1 is 0.895 bits per heavy atom. The van der Waals surface area contributed by atoms with Crippen molar-refractivity contribution in [2.24, 2.45) is 0 Å².